The number of amides is 3. The highest BCUT2D eigenvalue weighted by atomic mass is 16.3. The van der Waals surface area contributed by atoms with Crippen molar-refractivity contribution in [1.29, 1.82) is 0 Å². The first-order valence-corrected chi connectivity index (χ1v) is 7.32. The SMILES string of the molecule is Cc1nnccc1NC(=O)N1CCN(C(=O)c2ccco2)CC1. The number of carbonyl (C=O) groups is 2. The van der Waals surface area contributed by atoms with Gasteiger partial charge in [0.1, 0.15) is 0 Å². The summed E-state index contributed by atoms with van der Waals surface area (Å²) in [5.74, 6) is 0.172. The van der Waals surface area contributed by atoms with Crippen LogP contribution in [0.15, 0.2) is 35.1 Å². The number of urea groups is 1. The number of nitrogens with one attached hydrogen (secondary N) is 1. The molecule has 0 atom stereocenters. The highest BCUT2D eigenvalue weighted by molar-refractivity contribution is 5.92. The van der Waals surface area contributed by atoms with Crippen LogP contribution in [-0.2, 0) is 0 Å². The van der Waals surface area contributed by atoms with Gasteiger partial charge in [0.15, 0.2) is 5.76 Å². The van der Waals surface area contributed by atoms with E-state index in [4.69, 9.17) is 4.42 Å². The number of piperazine rings is 1. The van der Waals surface area contributed by atoms with Crippen LogP contribution >= 0.6 is 0 Å². The average Bonchev–Trinajstić information content (AvgIpc) is 3.11. The van der Waals surface area contributed by atoms with Gasteiger partial charge in [0, 0.05) is 26.2 Å². The molecule has 0 saturated carbocycles. The van der Waals surface area contributed by atoms with Gasteiger partial charge in [-0.25, -0.2) is 4.79 Å². The predicted molar refractivity (Wildman–Crippen MR) is 82.0 cm³/mol. The fourth-order valence-electron chi connectivity index (χ4n) is 2.40. The molecule has 23 heavy (non-hydrogen) atoms. The van der Waals surface area contributed by atoms with Gasteiger partial charge in [0.05, 0.1) is 23.8 Å². The van der Waals surface area contributed by atoms with Crippen molar-refractivity contribution in [3.8, 4) is 0 Å². The number of anilines is 1. The van der Waals surface area contributed by atoms with Crippen LogP contribution in [0.25, 0.3) is 0 Å². The maximum atomic E-state index is 12.3. The molecule has 1 aliphatic heterocycles. The molecule has 0 aromatic carbocycles. The summed E-state index contributed by atoms with van der Waals surface area (Å²) in [6, 6.07) is 4.82. The van der Waals surface area contributed by atoms with Gasteiger partial charge in [-0.2, -0.15) is 10.2 Å². The Kier molecular flexibility index (Phi) is 4.22. The van der Waals surface area contributed by atoms with E-state index in [9.17, 15) is 9.59 Å². The number of rotatable bonds is 2. The van der Waals surface area contributed by atoms with Gasteiger partial charge in [-0.1, -0.05) is 0 Å². The summed E-state index contributed by atoms with van der Waals surface area (Å²) in [6.45, 7) is 3.66. The van der Waals surface area contributed by atoms with Gasteiger partial charge in [-0.3, -0.25) is 4.79 Å². The van der Waals surface area contributed by atoms with Crippen molar-refractivity contribution < 1.29 is 14.0 Å². The van der Waals surface area contributed by atoms with E-state index in [1.807, 2.05) is 0 Å². The van der Waals surface area contributed by atoms with Crippen LogP contribution in [0.2, 0.25) is 0 Å². The summed E-state index contributed by atoms with van der Waals surface area (Å²) >= 11 is 0. The topological polar surface area (TPSA) is 91.6 Å². The zero-order valence-electron chi connectivity index (χ0n) is 12.7. The summed E-state index contributed by atoms with van der Waals surface area (Å²) in [4.78, 5) is 27.8. The van der Waals surface area contributed by atoms with Crippen molar-refractivity contribution in [1.82, 2.24) is 20.0 Å². The first-order valence-electron chi connectivity index (χ1n) is 7.32. The first-order chi connectivity index (χ1) is 11.1. The molecular weight excluding hydrogens is 298 g/mol. The Morgan fingerprint density at radius 3 is 2.57 bits per heavy atom. The largest absolute Gasteiger partial charge is 0.459 e. The molecule has 0 aliphatic carbocycles. The summed E-state index contributed by atoms with van der Waals surface area (Å²) in [5, 5.41) is 10.5. The second-order valence-corrected chi connectivity index (χ2v) is 5.22. The van der Waals surface area contributed by atoms with Crippen molar-refractivity contribution in [2.24, 2.45) is 0 Å². The smallest absolute Gasteiger partial charge is 0.322 e. The van der Waals surface area contributed by atoms with Gasteiger partial charge >= 0.3 is 6.03 Å². The van der Waals surface area contributed by atoms with E-state index < -0.39 is 0 Å². The van der Waals surface area contributed by atoms with Gasteiger partial charge in [-0.15, -0.1) is 0 Å². The number of hydrogen-bond acceptors (Lipinski definition) is 5. The Hall–Kier alpha value is -2.90. The number of carbonyl (C=O) groups excluding carboxylic acids is 2. The first kappa shape index (κ1) is 15.0. The molecule has 0 spiro atoms. The monoisotopic (exact) mass is 315 g/mol. The lowest BCUT2D eigenvalue weighted by atomic mass is 10.3. The zero-order chi connectivity index (χ0) is 16.2. The molecule has 120 valence electrons. The molecule has 0 bridgehead atoms. The van der Waals surface area contributed by atoms with E-state index in [0.717, 1.165) is 0 Å². The van der Waals surface area contributed by atoms with Crippen LogP contribution in [-0.4, -0.2) is 58.1 Å². The molecule has 2 aromatic heterocycles. The summed E-state index contributed by atoms with van der Waals surface area (Å²) < 4.78 is 5.12. The molecule has 8 nitrogen and oxygen atoms in total. The summed E-state index contributed by atoms with van der Waals surface area (Å²) in [5.41, 5.74) is 1.30. The molecule has 8 heteroatoms. The van der Waals surface area contributed by atoms with Crippen LogP contribution in [0.1, 0.15) is 16.2 Å². The van der Waals surface area contributed by atoms with E-state index in [1.54, 1.807) is 34.9 Å². The number of hydrogen-bond donors (Lipinski definition) is 1. The van der Waals surface area contributed by atoms with E-state index in [1.165, 1.54) is 12.5 Å². The lowest BCUT2D eigenvalue weighted by Crippen LogP contribution is -2.51. The molecule has 3 heterocycles. The van der Waals surface area contributed by atoms with Crippen LogP contribution in [0.4, 0.5) is 10.5 Å². The predicted octanol–water partition coefficient (Wildman–Crippen LogP) is 1.37. The highest BCUT2D eigenvalue weighted by Gasteiger charge is 2.26. The van der Waals surface area contributed by atoms with Crippen molar-refractivity contribution in [2.75, 3.05) is 31.5 Å². The fourth-order valence-corrected chi connectivity index (χ4v) is 2.40. The highest BCUT2D eigenvalue weighted by Crippen LogP contribution is 2.13. The van der Waals surface area contributed by atoms with Gasteiger partial charge < -0.3 is 19.5 Å². The normalized spacial score (nSPS) is 14.7. The fraction of sp³-hybridized carbons (Fsp3) is 0.333. The van der Waals surface area contributed by atoms with Crippen LogP contribution in [0.3, 0.4) is 0 Å². The van der Waals surface area contributed by atoms with Crippen LogP contribution < -0.4 is 5.32 Å². The van der Waals surface area contributed by atoms with Crippen LogP contribution in [0, 0.1) is 6.92 Å². The minimum Gasteiger partial charge on any atom is -0.459 e. The maximum absolute atomic E-state index is 12.3. The van der Waals surface area contributed by atoms with Crippen molar-refractivity contribution in [3.05, 3.63) is 42.1 Å². The second kappa shape index (κ2) is 6.47. The van der Waals surface area contributed by atoms with Crippen LogP contribution in [0.5, 0.6) is 0 Å². The average molecular weight is 315 g/mol. The van der Waals surface area contributed by atoms with Crippen molar-refractivity contribution in [3.63, 3.8) is 0 Å². The Labute approximate surface area is 133 Å². The molecule has 1 N–H and O–H groups in total. The third-order valence-corrected chi connectivity index (χ3v) is 3.73. The third kappa shape index (κ3) is 3.31. The van der Waals surface area contributed by atoms with Gasteiger partial charge in [0.2, 0.25) is 0 Å². The quantitative estimate of drug-likeness (QED) is 0.903. The summed E-state index contributed by atoms with van der Waals surface area (Å²) in [6.07, 6.45) is 3.00. The molecule has 1 saturated heterocycles. The lowest BCUT2D eigenvalue weighted by molar-refractivity contribution is 0.0640. The summed E-state index contributed by atoms with van der Waals surface area (Å²) in [7, 11) is 0. The molecule has 0 unspecified atom stereocenters. The second-order valence-electron chi connectivity index (χ2n) is 5.22. The third-order valence-electron chi connectivity index (χ3n) is 3.73. The Bertz CT molecular complexity index is 693. The molecule has 0 radical (unpaired) electrons. The van der Waals surface area contributed by atoms with E-state index in [-0.39, 0.29) is 11.9 Å². The Morgan fingerprint density at radius 1 is 1.17 bits per heavy atom. The molecule has 1 fully saturated rings. The maximum Gasteiger partial charge on any atom is 0.322 e. The lowest BCUT2D eigenvalue weighted by Gasteiger charge is -2.34. The number of nitrogens with zero attached hydrogens (tertiary/aromatic N) is 4. The van der Waals surface area contributed by atoms with Gasteiger partial charge in [0.25, 0.3) is 5.91 Å². The van der Waals surface area contributed by atoms with Crippen molar-refractivity contribution in [2.45, 2.75) is 6.92 Å². The van der Waals surface area contributed by atoms with E-state index in [0.29, 0.717) is 43.3 Å². The standard InChI is InChI=1S/C15H17N5O3/c1-11-12(4-5-16-18-11)17-15(22)20-8-6-19(7-9-20)14(21)13-3-2-10-23-13/h2-5,10H,6-9H2,1H3,(H,16,17,22). The molecule has 3 rings (SSSR count). The Morgan fingerprint density at radius 2 is 1.91 bits per heavy atom. The number of aromatic nitrogens is 2. The molecule has 2 aromatic rings. The number of furan rings is 1. The molecular formula is C15H17N5O3. The Balaban J connectivity index is 1.55. The van der Waals surface area contributed by atoms with E-state index in [2.05, 4.69) is 15.5 Å². The minimum absolute atomic E-state index is 0.149. The van der Waals surface area contributed by atoms with Crippen molar-refractivity contribution >= 4 is 17.6 Å². The minimum atomic E-state index is -0.203. The molecule has 1 aliphatic rings. The zero-order valence-corrected chi connectivity index (χ0v) is 12.7. The van der Waals surface area contributed by atoms with E-state index >= 15 is 0 Å². The van der Waals surface area contributed by atoms with Gasteiger partial charge in [-0.05, 0) is 25.1 Å². The molecule has 3 amide bonds. The number of aryl methyl sites for hydroxylation is 1.